The van der Waals surface area contributed by atoms with Crippen LogP contribution in [0.1, 0.15) is 29.2 Å². The molecule has 0 saturated heterocycles. The lowest BCUT2D eigenvalue weighted by Gasteiger charge is -2.24. The summed E-state index contributed by atoms with van der Waals surface area (Å²) in [5, 5.41) is 8.21. The first-order valence-electron chi connectivity index (χ1n) is 8.65. The highest BCUT2D eigenvalue weighted by atomic mass is 35.5. The number of benzene rings is 2. The molecule has 7 heteroatoms. The predicted octanol–water partition coefficient (Wildman–Crippen LogP) is 4.04. The van der Waals surface area contributed by atoms with Gasteiger partial charge in [0.1, 0.15) is 5.82 Å². The SMILES string of the molecule is Cc1nn(-c2ccccc2Cl)c2c1C(c1ccc3c(c1)OCO3)CC(=O)N2. The van der Waals surface area contributed by atoms with E-state index in [9.17, 15) is 4.79 Å². The van der Waals surface area contributed by atoms with E-state index < -0.39 is 0 Å². The van der Waals surface area contributed by atoms with Crippen LogP contribution in [-0.2, 0) is 4.79 Å². The Balaban J connectivity index is 1.66. The topological polar surface area (TPSA) is 65.4 Å². The van der Waals surface area contributed by atoms with Crippen LogP contribution in [0.4, 0.5) is 5.82 Å². The molecule has 0 aliphatic carbocycles. The van der Waals surface area contributed by atoms with Gasteiger partial charge >= 0.3 is 0 Å². The lowest BCUT2D eigenvalue weighted by Crippen LogP contribution is -2.25. The van der Waals surface area contributed by atoms with Crippen molar-refractivity contribution in [1.29, 1.82) is 0 Å². The molecule has 1 amide bonds. The number of fused-ring (bicyclic) bond motifs is 2. The van der Waals surface area contributed by atoms with Crippen molar-refractivity contribution >= 4 is 23.3 Å². The summed E-state index contributed by atoms with van der Waals surface area (Å²) in [4.78, 5) is 12.5. The Bertz CT molecular complexity index is 1080. The second-order valence-electron chi connectivity index (χ2n) is 6.63. The zero-order valence-corrected chi connectivity index (χ0v) is 15.3. The first-order valence-corrected chi connectivity index (χ1v) is 9.03. The van der Waals surface area contributed by atoms with Gasteiger partial charge in [-0.15, -0.1) is 0 Å². The molecule has 1 unspecified atom stereocenters. The van der Waals surface area contributed by atoms with Gasteiger partial charge in [0.25, 0.3) is 0 Å². The zero-order valence-electron chi connectivity index (χ0n) is 14.5. The van der Waals surface area contributed by atoms with Crippen LogP contribution < -0.4 is 14.8 Å². The molecule has 1 atom stereocenters. The normalized spacial score (nSPS) is 17.6. The molecule has 2 aliphatic heterocycles. The van der Waals surface area contributed by atoms with Crippen molar-refractivity contribution in [1.82, 2.24) is 9.78 Å². The predicted molar refractivity (Wildman–Crippen MR) is 101 cm³/mol. The summed E-state index contributed by atoms with van der Waals surface area (Å²) in [6, 6.07) is 13.3. The third-order valence-electron chi connectivity index (χ3n) is 4.98. The summed E-state index contributed by atoms with van der Waals surface area (Å²) in [5.41, 5.74) is 3.58. The number of rotatable bonds is 2. The van der Waals surface area contributed by atoms with E-state index >= 15 is 0 Å². The van der Waals surface area contributed by atoms with Crippen LogP contribution in [0.15, 0.2) is 42.5 Å². The molecule has 5 rings (SSSR count). The number of nitrogens with one attached hydrogen (secondary N) is 1. The average Bonchev–Trinajstić information content (AvgIpc) is 3.25. The molecular weight excluding hydrogens is 366 g/mol. The first-order chi connectivity index (χ1) is 13.1. The number of carbonyl (C=O) groups is 1. The number of ether oxygens (including phenoxy) is 2. The lowest BCUT2D eigenvalue weighted by atomic mass is 9.85. The quantitative estimate of drug-likeness (QED) is 0.727. The van der Waals surface area contributed by atoms with E-state index in [4.69, 9.17) is 21.1 Å². The lowest BCUT2D eigenvalue weighted by molar-refractivity contribution is -0.116. The Hall–Kier alpha value is -2.99. The van der Waals surface area contributed by atoms with Gasteiger partial charge in [-0.05, 0) is 36.8 Å². The van der Waals surface area contributed by atoms with Crippen molar-refractivity contribution in [3.63, 3.8) is 0 Å². The van der Waals surface area contributed by atoms with E-state index in [2.05, 4.69) is 10.4 Å². The molecule has 0 saturated carbocycles. The summed E-state index contributed by atoms with van der Waals surface area (Å²) in [6.45, 7) is 2.17. The van der Waals surface area contributed by atoms with Gasteiger partial charge in [0.05, 0.1) is 16.4 Å². The molecule has 3 aromatic rings. The number of hydrogen-bond acceptors (Lipinski definition) is 4. The summed E-state index contributed by atoms with van der Waals surface area (Å²) < 4.78 is 12.6. The smallest absolute Gasteiger partial charge is 0.231 e. The number of halogens is 1. The van der Waals surface area contributed by atoms with Crippen molar-refractivity contribution in [3.05, 3.63) is 64.3 Å². The molecule has 27 heavy (non-hydrogen) atoms. The molecule has 3 heterocycles. The summed E-state index contributed by atoms with van der Waals surface area (Å²) in [7, 11) is 0. The molecule has 0 bridgehead atoms. The van der Waals surface area contributed by atoms with Crippen LogP contribution >= 0.6 is 11.6 Å². The van der Waals surface area contributed by atoms with Gasteiger partial charge in [-0.3, -0.25) is 4.79 Å². The maximum absolute atomic E-state index is 12.5. The molecule has 2 aliphatic rings. The van der Waals surface area contributed by atoms with E-state index in [-0.39, 0.29) is 18.6 Å². The third kappa shape index (κ3) is 2.56. The number of para-hydroxylation sites is 1. The molecule has 6 nitrogen and oxygen atoms in total. The minimum atomic E-state index is -0.112. The molecule has 2 aromatic carbocycles. The fourth-order valence-electron chi connectivity index (χ4n) is 3.76. The van der Waals surface area contributed by atoms with Crippen LogP contribution in [0.25, 0.3) is 5.69 Å². The minimum absolute atomic E-state index is 0.0571. The van der Waals surface area contributed by atoms with Gasteiger partial charge in [0, 0.05) is 17.9 Å². The Labute approximate surface area is 160 Å². The second-order valence-corrected chi connectivity index (χ2v) is 7.04. The summed E-state index contributed by atoms with van der Waals surface area (Å²) >= 11 is 6.36. The van der Waals surface area contributed by atoms with Crippen LogP contribution in [0, 0.1) is 6.92 Å². The summed E-state index contributed by atoms with van der Waals surface area (Å²) in [6.07, 6.45) is 0.349. The Kier molecular flexibility index (Phi) is 3.62. The molecule has 1 aromatic heterocycles. The van der Waals surface area contributed by atoms with E-state index in [1.54, 1.807) is 10.7 Å². The van der Waals surface area contributed by atoms with E-state index in [1.165, 1.54) is 0 Å². The molecule has 1 N–H and O–H groups in total. The van der Waals surface area contributed by atoms with Gasteiger partial charge in [-0.1, -0.05) is 29.8 Å². The Morgan fingerprint density at radius 1 is 1.19 bits per heavy atom. The van der Waals surface area contributed by atoms with E-state index in [0.29, 0.717) is 23.0 Å². The number of carbonyl (C=O) groups excluding carboxylic acids is 1. The number of aryl methyl sites for hydroxylation is 1. The molecular formula is C20H16ClN3O3. The van der Waals surface area contributed by atoms with Crippen molar-refractivity contribution in [2.75, 3.05) is 12.1 Å². The highest BCUT2D eigenvalue weighted by Crippen LogP contribution is 2.43. The van der Waals surface area contributed by atoms with Crippen molar-refractivity contribution in [3.8, 4) is 17.2 Å². The zero-order chi connectivity index (χ0) is 18.5. The van der Waals surface area contributed by atoms with E-state index in [1.807, 2.05) is 43.3 Å². The minimum Gasteiger partial charge on any atom is -0.454 e. The van der Waals surface area contributed by atoms with Crippen LogP contribution in [0.5, 0.6) is 11.5 Å². The van der Waals surface area contributed by atoms with Gasteiger partial charge in [-0.2, -0.15) is 5.10 Å². The number of anilines is 1. The fraction of sp³-hybridized carbons (Fsp3) is 0.200. The summed E-state index contributed by atoms with van der Waals surface area (Å²) in [5.74, 6) is 1.93. The number of nitrogens with zero attached hydrogens (tertiary/aromatic N) is 2. The number of aromatic nitrogens is 2. The van der Waals surface area contributed by atoms with Gasteiger partial charge in [-0.25, -0.2) is 4.68 Å². The molecule has 0 fully saturated rings. The van der Waals surface area contributed by atoms with Crippen molar-refractivity contribution < 1.29 is 14.3 Å². The fourth-order valence-corrected chi connectivity index (χ4v) is 3.98. The number of hydrogen-bond donors (Lipinski definition) is 1. The van der Waals surface area contributed by atoms with Crippen molar-refractivity contribution in [2.45, 2.75) is 19.3 Å². The monoisotopic (exact) mass is 381 g/mol. The largest absolute Gasteiger partial charge is 0.454 e. The average molecular weight is 382 g/mol. The van der Waals surface area contributed by atoms with Gasteiger partial charge in [0.15, 0.2) is 11.5 Å². The van der Waals surface area contributed by atoms with Crippen LogP contribution in [-0.4, -0.2) is 22.5 Å². The van der Waals surface area contributed by atoms with Gasteiger partial charge < -0.3 is 14.8 Å². The van der Waals surface area contributed by atoms with Gasteiger partial charge in [0.2, 0.25) is 12.7 Å². The first kappa shape index (κ1) is 16.2. The van der Waals surface area contributed by atoms with Crippen molar-refractivity contribution in [2.24, 2.45) is 0 Å². The maximum atomic E-state index is 12.5. The maximum Gasteiger partial charge on any atom is 0.231 e. The Morgan fingerprint density at radius 3 is 2.85 bits per heavy atom. The Morgan fingerprint density at radius 2 is 2.00 bits per heavy atom. The highest BCUT2D eigenvalue weighted by Gasteiger charge is 2.33. The molecule has 136 valence electrons. The van der Waals surface area contributed by atoms with E-state index in [0.717, 1.165) is 28.3 Å². The standard InChI is InChI=1S/C20H16ClN3O3/c1-11-19-13(12-6-7-16-17(8-12)27-10-26-16)9-18(25)22-20(19)24(23-11)15-5-3-2-4-14(15)21/h2-8,13H,9-10H2,1H3,(H,22,25). The third-order valence-corrected chi connectivity index (χ3v) is 5.30. The van der Waals surface area contributed by atoms with Crippen LogP contribution in [0.2, 0.25) is 5.02 Å². The number of amides is 1. The van der Waals surface area contributed by atoms with Crippen LogP contribution in [0.3, 0.4) is 0 Å². The highest BCUT2D eigenvalue weighted by molar-refractivity contribution is 6.32. The second kappa shape index (κ2) is 6.03. The molecule has 0 spiro atoms. The molecule has 0 radical (unpaired) electrons.